The molecule has 0 aliphatic heterocycles. The SMILES string of the molecule is NC(=S)C1(C(=O)Nc2cc(Br)ccc2Br)CCCCCC1. The summed E-state index contributed by atoms with van der Waals surface area (Å²) in [5.41, 5.74) is 5.96. The van der Waals surface area contributed by atoms with Gasteiger partial charge in [-0.25, -0.2) is 0 Å². The molecule has 1 saturated carbocycles. The van der Waals surface area contributed by atoms with Gasteiger partial charge in [-0.2, -0.15) is 0 Å². The molecule has 0 unspecified atom stereocenters. The zero-order chi connectivity index (χ0) is 15.5. The molecule has 3 N–H and O–H groups in total. The van der Waals surface area contributed by atoms with Crippen LogP contribution < -0.4 is 11.1 Å². The van der Waals surface area contributed by atoms with Crippen LogP contribution in [0.2, 0.25) is 0 Å². The minimum atomic E-state index is -0.715. The van der Waals surface area contributed by atoms with Gasteiger partial charge in [-0.1, -0.05) is 53.8 Å². The Morgan fingerprint density at radius 3 is 2.38 bits per heavy atom. The van der Waals surface area contributed by atoms with Crippen molar-refractivity contribution in [1.29, 1.82) is 0 Å². The number of hydrogen-bond acceptors (Lipinski definition) is 2. The number of thiocarbonyl (C=S) groups is 1. The maximum atomic E-state index is 12.8. The highest BCUT2D eigenvalue weighted by Gasteiger charge is 2.41. The molecule has 1 fully saturated rings. The van der Waals surface area contributed by atoms with Crippen molar-refractivity contribution in [2.24, 2.45) is 11.1 Å². The van der Waals surface area contributed by atoms with Crippen molar-refractivity contribution in [3.8, 4) is 0 Å². The van der Waals surface area contributed by atoms with Crippen LogP contribution in [0.15, 0.2) is 27.1 Å². The van der Waals surface area contributed by atoms with E-state index in [-0.39, 0.29) is 5.91 Å². The zero-order valence-corrected chi connectivity index (χ0v) is 15.6. The van der Waals surface area contributed by atoms with E-state index < -0.39 is 5.41 Å². The molecule has 0 saturated heterocycles. The Morgan fingerprint density at radius 2 is 1.81 bits per heavy atom. The highest BCUT2D eigenvalue weighted by Crippen LogP contribution is 2.37. The second-order valence-corrected chi connectivity index (χ2v) is 7.65. The van der Waals surface area contributed by atoms with Crippen molar-refractivity contribution in [3.05, 3.63) is 27.1 Å². The molecule has 0 atom stereocenters. The quantitative estimate of drug-likeness (QED) is 0.532. The number of carbonyl (C=O) groups excluding carboxylic acids is 1. The Balaban J connectivity index is 2.26. The van der Waals surface area contributed by atoms with Gasteiger partial charge in [0.15, 0.2) is 0 Å². The van der Waals surface area contributed by atoms with Crippen molar-refractivity contribution in [1.82, 2.24) is 0 Å². The molecule has 1 aliphatic carbocycles. The van der Waals surface area contributed by atoms with Crippen molar-refractivity contribution in [2.45, 2.75) is 38.5 Å². The van der Waals surface area contributed by atoms with Gasteiger partial charge >= 0.3 is 0 Å². The molecule has 1 amide bonds. The molecule has 114 valence electrons. The second kappa shape index (κ2) is 7.20. The van der Waals surface area contributed by atoms with E-state index in [2.05, 4.69) is 37.2 Å². The fourth-order valence-electron chi connectivity index (χ4n) is 2.75. The third kappa shape index (κ3) is 3.85. The van der Waals surface area contributed by atoms with Gasteiger partial charge < -0.3 is 11.1 Å². The van der Waals surface area contributed by atoms with Gasteiger partial charge in [-0.15, -0.1) is 0 Å². The smallest absolute Gasteiger partial charge is 0.237 e. The third-order valence-corrected chi connectivity index (χ3v) is 5.62. The van der Waals surface area contributed by atoms with Crippen LogP contribution in [0.5, 0.6) is 0 Å². The maximum absolute atomic E-state index is 12.8. The molecule has 1 aromatic carbocycles. The molecule has 0 spiro atoms. The Morgan fingerprint density at radius 1 is 1.19 bits per heavy atom. The van der Waals surface area contributed by atoms with E-state index in [1.807, 2.05) is 18.2 Å². The van der Waals surface area contributed by atoms with Gasteiger partial charge in [-0.05, 0) is 47.0 Å². The average Bonchev–Trinajstić information content (AvgIpc) is 2.69. The largest absolute Gasteiger partial charge is 0.392 e. The van der Waals surface area contributed by atoms with Crippen LogP contribution in [0.1, 0.15) is 38.5 Å². The summed E-state index contributed by atoms with van der Waals surface area (Å²) in [5, 5.41) is 2.99. The lowest BCUT2D eigenvalue weighted by Gasteiger charge is -2.30. The Bertz CT molecular complexity index is 555. The monoisotopic (exact) mass is 432 g/mol. The number of carbonyl (C=O) groups is 1. The van der Waals surface area contributed by atoms with E-state index in [0.717, 1.165) is 53.2 Å². The summed E-state index contributed by atoms with van der Waals surface area (Å²) in [5.74, 6) is -0.0873. The highest BCUT2D eigenvalue weighted by molar-refractivity contribution is 9.11. The van der Waals surface area contributed by atoms with Crippen molar-refractivity contribution >= 4 is 60.7 Å². The van der Waals surface area contributed by atoms with Gasteiger partial charge in [0, 0.05) is 8.95 Å². The second-order valence-electron chi connectivity index (χ2n) is 5.44. The molecule has 3 nitrogen and oxygen atoms in total. The Labute approximate surface area is 147 Å². The summed E-state index contributed by atoms with van der Waals surface area (Å²) in [6.45, 7) is 0. The lowest BCUT2D eigenvalue weighted by molar-refractivity contribution is -0.122. The fraction of sp³-hybridized carbons (Fsp3) is 0.467. The van der Waals surface area contributed by atoms with Crippen LogP contribution >= 0.6 is 44.1 Å². The number of anilines is 1. The van der Waals surface area contributed by atoms with Crippen LogP contribution in [-0.4, -0.2) is 10.9 Å². The summed E-state index contributed by atoms with van der Waals surface area (Å²) in [4.78, 5) is 13.1. The maximum Gasteiger partial charge on any atom is 0.237 e. The van der Waals surface area contributed by atoms with E-state index in [1.54, 1.807) is 0 Å². The summed E-state index contributed by atoms with van der Waals surface area (Å²) in [6.07, 6.45) is 5.73. The van der Waals surface area contributed by atoms with Crippen molar-refractivity contribution < 1.29 is 4.79 Å². The van der Waals surface area contributed by atoms with Gasteiger partial charge in [0.1, 0.15) is 0 Å². The van der Waals surface area contributed by atoms with E-state index in [0.29, 0.717) is 4.99 Å². The molecule has 1 aromatic rings. The molecular weight excluding hydrogens is 416 g/mol. The van der Waals surface area contributed by atoms with Crippen molar-refractivity contribution in [2.75, 3.05) is 5.32 Å². The predicted octanol–water partition coefficient (Wildman–Crippen LogP) is 4.78. The van der Waals surface area contributed by atoms with E-state index >= 15 is 0 Å². The topological polar surface area (TPSA) is 55.1 Å². The fourth-order valence-corrected chi connectivity index (χ4v) is 3.76. The number of nitrogens with one attached hydrogen (secondary N) is 1. The summed E-state index contributed by atoms with van der Waals surface area (Å²) in [7, 11) is 0. The molecule has 6 heteroatoms. The number of halogens is 2. The summed E-state index contributed by atoms with van der Waals surface area (Å²) in [6, 6.07) is 5.67. The first-order chi connectivity index (χ1) is 9.95. The minimum absolute atomic E-state index is 0.0873. The number of hydrogen-bond donors (Lipinski definition) is 2. The van der Waals surface area contributed by atoms with Crippen LogP contribution in [0, 0.1) is 5.41 Å². The van der Waals surface area contributed by atoms with Gasteiger partial charge in [0.05, 0.1) is 16.1 Å². The molecule has 0 radical (unpaired) electrons. The summed E-state index contributed by atoms with van der Waals surface area (Å²) < 4.78 is 1.75. The van der Waals surface area contributed by atoms with Gasteiger partial charge in [0.25, 0.3) is 0 Å². The predicted molar refractivity (Wildman–Crippen MR) is 97.4 cm³/mol. The first kappa shape index (κ1) is 16.9. The van der Waals surface area contributed by atoms with Crippen molar-refractivity contribution in [3.63, 3.8) is 0 Å². The van der Waals surface area contributed by atoms with Crippen LogP contribution in [0.4, 0.5) is 5.69 Å². The molecule has 1 aliphatic rings. The molecule has 2 rings (SSSR count). The zero-order valence-electron chi connectivity index (χ0n) is 11.6. The number of rotatable bonds is 3. The summed E-state index contributed by atoms with van der Waals surface area (Å²) >= 11 is 12.1. The first-order valence-corrected chi connectivity index (χ1v) is 9.01. The Hall–Kier alpha value is -0.460. The van der Waals surface area contributed by atoms with E-state index in [4.69, 9.17) is 18.0 Å². The Kier molecular flexibility index (Phi) is 5.80. The molecular formula is C15H18Br2N2OS. The van der Waals surface area contributed by atoms with Gasteiger partial charge in [-0.3, -0.25) is 4.79 Å². The lowest BCUT2D eigenvalue weighted by atomic mass is 9.79. The molecule has 0 heterocycles. The first-order valence-electron chi connectivity index (χ1n) is 7.02. The lowest BCUT2D eigenvalue weighted by Crippen LogP contribution is -2.45. The van der Waals surface area contributed by atoms with Crippen LogP contribution in [-0.2, 0) is 4.79 Å². The van der Waals surface area contributed by atoms with Crippen LogP contribution in [0.25, 0.3) is 0 Å². The average molecular weight is 434 g/mol. The highest BCUT2D eigenvalue weighted by atomic mass is 79.9. The third-order valence-electron chi connectivity index (χ3n) is 4.04. The number of amides is 1. The standard InChI is InChI=1S/C15H18Br2N2OS/c16-10-5-6-11(17)12(9-10)19-14(20)15(13(18)21)7-3-1-2-4-8-15/h5-6,9H,1-4,7-8H2,(H2,18,21)(H,19,20). The molecule has 0 bridgehead atoms. The number of nitrogens with two attached hydrogens (primary N) is 1. The van der Waals surface area contributed by atoms with Gasteiger partial charge in [0.2, 0.25) is 5.91 Å². The minimum Gasteiger partial charge on any atom is -0.392 e. The molecule has 21 heavy (non-hydrogen) atoms. The normalized spacial score (nSPS) is 17.8. The van der Waals surface area contributed by atoms with Crippen LogP contribution in [0.3, 0.4) is 0 Å². The van der Waals surface area contributed by atoms with E-state index in [1.165, 1.54) is 0 Å². The van der Waals surface area contributed by atoms with E-state index in [9.17, 15) is 4.79 Å². The molecule has 0 aromatic heterocycles. The number of benzene rings is 1.